The Hall–Kier alpha value is -2.03. The smallest absolute Gasteiger partial charge is 0.542 e. The van der Waals surface area contributed by atoms with E-state index in [0.29, 0.717) is 0 Å². The fourth-order valence-electron chi connectivity index (χ4n) is 0.636. The van der Waals surface area contributed by atoms with Crippen LogP contribution in [0.3, 0.4) is 0 Å². The van der Waals surface area contributed by atoms with Crippen molar-refractivity contribution in [3.63, 3.8) is 0 Å². The molecule has 0 radical (unpaired) electrons. The summed E-state index contributed by atoms with van der Waals surface area (Å²) in [4.78, 5) is 59.1. The molecule has 0 spiro atoms. The van der Waals surface area contributed by atoms with E-state index in [1.807, 2.05) is 0 Å². The van der Waals surface area contributed by atoms with Crippen LogP contribution in [0.1, 0.15) is 12.8 Å². The molecule has 0 bridgehead atoms. The number of rotatable bonds is 6. The minimum Gasteiger partial charge on any atom is -0.542 e. The predicted octanol–water partition coefficient (Wildman–Crippen LogP) is -2.73. The SMILES string of the molecule is O=C([O-])C(=O)CC(=O)C(F)(F)F.O=C([O-])C(=O)CC(=O)C(F)(F)F.[Mg+2]. The maximum atomic E-state index is 11.4. The van der Waals surface area contributed by atoms with Crippen molar-refractivity contribution in [1.29, 1.82) is 0 Å². The van der Waals surface area contributed by atoms with Gasteiger partial charge in [-0.1, -0.05) is 0 Å². The number of aliphatic carboxylic acids is 2. The average molecular weight is 390 g/mol. The zero-order chi connectivity index (χ0) is 19.9. The van der Waals surface area contributed by atoms with Crippen molar-refractivity contribution in [3.8, 4) is 0 Å². The number of ketones is 4. The molecule has 0 saturated heterocycles. The zero-order valence-electron chi connectivity index (χ0n) is 11.7. The van der Waals surface area contributed by atoms with Gasteiger partial charge in [0.1, 0.15) is 11.9 Å². The van der Waals surface area contributed by atoms with Gasteiger partial charge < -0.3 is 19.8 Å². The van der Waals surface area contributed by atoms with Gasteiger partial charge in [0, 0.05) is 0 Å². The molecule has 0 amide bonds. The van der Waals surface area contributed by atoms with Crippen LogP contribution in [-0.4, -0.2) is 70.5 Å². The molecule has 0 saturated carbocycles. The van der Waals surface area contributed by atoms with Gasteiger partial charge in [-0.3, -0.25) is 19.2 Å². The van der Waals surface area contributed by atoms with Gasteiger partial charge in [0.2, 0.25) is 11.6 Å². The Balaban J connectivity index is -0.000000372. The Morgan fingerprint density at radius 1 is 0.600 bits per heavy atom. The van der Waals surface area contributed by atoms with Crippen LogP contribution in [0.5, 0.6) is 0 Å². The molecule has 15 heteroatoms. The van der Waals surface area contributed by atoms with Crippen LogP contribution in [0.15, 0.2) is 0 Å². The van der Waals surface area contributed by atoms with E-state index in [4.69, 9.17) is 0 Å². The second-order valence-electron chi connectivity index (χ2n) is 3.62. The normalized spacial score (nSPS) is 10.5. The third kappa shape index (κ3) is 13.0. The first-order valence-electron chi connectivity index (χ1n) is 5.18. The molecule has 8 nitrogen and oxygen atoms in total. The van der Waals surface area contributed by atoms with Crippen LogP contribution >= 0.6 is 0 Å². The Morgan fingerprint density at radius 2 is 0.800 bits per heavy atom. The first kappa shape index (κ1) is 27.8. The van der Waals surface area contributed by atoms with Gasteiger partial charge >= 0.3 is 35.4 Å². The van der Waals surface area contributed by atoms with Crippen LogP contribution in [-0.2, 0) is 28.8 Å². The first-order valence-corrected chi connectivity index (χ1v) is 5.18. The van der Waals surface area contributed by atoms with Crippen LogP contribution in [0.4, 0.5) is 26.3 Å². The molecule has 0 atom stereocenters. The van der Waals surface area contributed by atoms with Gasteiger partial charge in [-0.15, -0.1) is 0 Å². The quantitative estimate of drug-likeness (QED) is 0.205. The molecule has 0 aromatic rings. The Morgan fingerprint density at radius 3 is 0.920 bits per heavy atom. The largest absolute Gasteiger partial charge is 2.00 e. The van der Waals surface area contributed by atoms with Crippen molar-refractivity contribution in [2.24, 2.45) is 0 Å². The van der Waals surface area contributed by atoms with Crippen LogP contribution in [0.2, 0.25) is 0 Å². The van der Waals surface area contributed by atoms with E-state index in [0.717, 1.165) is 0 Å². The summed E-state index contributed by atoms with van der Waals surface area (Å²) in [6, 6.07) is 0. The van der Waals surface area contributed by atoms with Crippen molar-refractivity contribution < 1.29 is 65.3 Å². The maximum Gasteiger partial charge on any atom is 2.00 e. The summed E-state index contributed by atoms with van der Waals surface area (Å²) in [6.45, 7) is 0. The van der Waals surface area contributed by atoms with Crippen molar-refractivity contribution in [1.82, 2.24) is 0 Å². The summed E-state index contributed by atoms with van der Waals surface area (Å²) in [7, 11) is 0. The molecule has 136 valence electrons. The van der Waals surface area contributed by atoms with E-state index in [1.165, 1.54) is 0 Å². The number of hydrogen-bond acceptors (Lipinski definition) is 8. The van der Waals surface area contributed by atoms with E-state index in [9.17, 15) is 65.3 Å². The molecular formula is C10H4F6MgO8. The van der Waals surface area contributed by atoms with Gasteiger partial charge in [0.05, 0.1) is 12.8 Å². The number of carbonyl (C=O) groups excluding carboxylic acids is 6. The summed E-state index contributed by atoms with van der Waals surface area (Å²) in [5.74, 6) is -13.1. The minimum absolute atomic E-state index is 0. The summed E-state index contributed by atoms with van der Waals surface area (Å²) >= 11 is 0. The molecular weight excluding hydrogens is 386 g/mol. The third-order valence-electron chi connectivity index (χ3n) is 1.73. The summed E-state index contributed by atoms with van der Waals surface area (Å²) in [6.07, 6.45) is -13.8. The molecule has 0 aliphatic rings. The van der Waals surface area contributed by atoms with Gasteiger partial charge in [-0.25, -0.2) is 0 Å². The predicted molar refractivity (Wildman–Crippen MR) is 57.1 cm³/mol. The summed E-state index contributed by atoms with van der Waals surface area (Å²) in [5.41, 5.74) is 0. The van der Waals surface area contributed by atoms with E-state index < -0.39 is 60.3 Å². The summed E-state index contributed by atoms with van der Waals surface area (Å²) in [5, 5.41) is 19.2. The third-order valence-corrected chi connectivity index (χ3v) is 1.73. The molecule has 0 fully saturated rings. The van der Waals surface area contributed by atoms with E-state index in [1.54, 1.807) is 0 Å². The molecule has 25 heavy (non-hydrogen) atoms. The molecule has 0 aliphatic heterocycles. The molecule has 0 rings (SSSR count). The van der Waals surface area contributed by atoms with Crippen LogP contribution in [0, 0.1) is 0 Å². The molecule has 0 unspecified atom stereocenters. The fraction of sp³-hybridized carbons (Fsp3) is 0.400. The van der Waals surface area contributed by atoms with E-state index in [2.05, 4.69) is 0 Å². The Kier molecular flexibility index (Phi) is 12.0. The van der Waals surface area contributed by atoms with Gasteiger partial charge in [0.25, 0.3) is 0 Å². The number of halogens is 6. The van der Waals surface area contributed by atoms with Gasteiger partial charge in [0.15, 0.2) is 11.6 Å². The Labute approximate surface area is 149 Å². The molecule has 0 heterocycles. The number of carboxylic acid groups (broad SMARTS) is 2. The topological polar surface area (TPSA) is 149 Å². The van der Waals surface area contributed by atoms with Crippen LogP contribution < -0.4 is 10.2 Å². The van der Waals surface area contributed by atoms with E-state index in [-0.39, 0.29) is 23.1 Å². The fourth-order valence-corrected chi connectivity index (χ4v) is 0.636. The number of carboxylic acids is 2. The number of carbonyl (C=O) groups is 6. The molecule has 0 N–H and O–H groups in total. The molecule has 0 aromatic heterocycles. The van der Waals surface area contributed by atoms with Crippen molar-refractivity contribution in [2.75, 3.05) is 0 Å². The Bertz CT molecular complexity index is 515. The van der Waals surface area contributed by atoms with Gasteiger partial charge in [-0.05, 0) is 0 Å². The van der Waals surface area contributed by atoms with Crippen molar-refractivity contribution in [3.05, 3.63) is 0 Å². The minimum atomic E-state index is -5.18. The van der Waals surface area contributed by atoms with Crippen LogP contribution in [0.25, 0.3) is 0 Å². The standard InChI is InChI=1S/2C5H3F3O4.Mg/c2*6-5(7,8)3(10)1-2(9)4(11)12;/h2*1H2,(H,11,12);/q;;+2/p-2. The zero-order valence-corrected chi connectivity index (χ0v) is 13.1. The maximum absolute atomic E-state index is 11.4. The molecule has 0 aliphatic carbocycles. The summed E-state index contributed by atoms with van der Waals surface area (Å²) < 4.78 is 68.1. The second-order valence-corrected chi connectivity index (χ2v) is 3.62. The average Bonchev–Trinajstić information content (AvgIpc) is 2.36. The number of hydrogen-bond donors (Lipinski definition) is 0. The molecule has 0 aromatic carbocycles. The monoisotopic (exact) mass is 390 g/mol. The first-order chi connectivity index (χ1) is 10.5. The van der Waals surface area contributed by atoms with Crippen molar-refractivity contribution >= 4 is 58.1 Å². The number of alkyl halides is 6. The second kappa shape index (κ2) is 10.8. The van der Waals surface area contributed by atoms with Gasteiger partial charge in [-0.2, -0.15) is 26.3 Å². The van der Waals surface area contributed by atoms with Crippen molar-refractivity contribution in [2.45, 2.75) is 25.2 Å². The van der Waals surface area contributed by atoms with E-state index >= 15 is 0 Å². The number of Topliss-reactive ketones (excluding diaryl/α,β-unsaturated/α-hetero) is 4.